The van der Waals surface area contributed by atoms with E-state index in [9.17, 15) is 4.79 Å². The molecule has 0 N–H and O–H groups in total. The number of halogens is 2. The number of unbranched alkanes of at least 4 members (excludes halogenated alkanes) is 1. The maximum atomic E-state index is 10.4. The quantitative estimate of drug-likeness (QED) is 0.389. The number of ether oxygens (including phenoxy) is 2. The fraction of sp³-hybridized carbons (Fsp3) is 0.833. The summed E-state index contributed by atoms with van der Waals surface area (Å²) in [4.78, 5) is 10.4. The molecule has 0 saturated carbocycles. The lowest BCUT2D eigenvalue weighted by atomic mass is 10.4. The van der Waals surface area contributed by atoms with Crippen LogP contribution in [0.4, 0.5) is 4.79 Å². The highest BCUT2D eigenvalue weighted by Gasteiger charge is 2.00. The number of hydrogen-bond donors (Lipinski definition) is 0. The van der Waals surface area contributed by atoms with E-state index in [-0.39, 0.29) is 6.07 Å². The fourth-order valence-corrected chi connectivity index (χ4v) is 0.716. The summed E-state index contributed by atoms with van der Waals surface area (Å²) in [5.74, 6) is 0.577. The smallest absolute Gasteiger partial charge is 0.434 e. The topological polar surface area (TPSA) is 35.5 Å². The lowest BCUT2D eigenvalue weighted by molar-refractivity contribution is 0.0668. The Morgan fingerprint density at radius 3 is 2.45 bits per heavy atom. The van der Waals surface area contributed by atoms with Crippen LogP contribution in [-0.2, 0) is 9.47 Å². The zero-order valence-corrected chi connectivity index (χ0v) is 7.53. The van der Waals surface area contributed by atoms with Crippen LogP contribution in [0, 0.1) is 0 Å². The van der Waals surface area contributed by atoms with Crippen molar-refractivity contribution in [3.05, 3.63) is 0 Å². The van der Waals surface area contributed by atoms with Crippen molar-refractivity contribution in [3.63, 3.8) is 0 Å². The number of rotatable bonds is 5. The van der Waals surface area contributed by atoms with Crippen LogP contribution in [0.2, 0.25) is 0 Å². The van der Waals surface area contributed by atoms with Crippen LogP contribution >= 0.6 is 23.2 Å². The van der Waals surface area contributed by atoms with E-state index in [0.29, 0.717) is 12.5 Å². The van der Waals surface area contributed by atoms with Gasteiger partial charge in [-0.2, -0.15) is 0 Å². The summed E-state index contributed by atoms with van der Waals surface area (Å²) in [6.45, 7) is 0.336. The molecule has 0 atom stereocenters. The Bertz CT molecular complexity index is 108. The Balaban J connectivity index is 3.04. The predicted molar refractivity (Wildman–Crippen MR) is 43.1 cm³/mol. The zero-order valence-electron chi connectivity index (χ0n) is 6.02. The summed E-state index contributed by atoms with van der Waals surface area (Å²) in [7, 11) is 0. The van der Waals surface area contributed by atoms with Crippen LogP contribution in [0.25, 0.3) is 0 Å². The average molecular weight is 201 g/mol. The largest absolute Gasteiger partial charge is 0.509 e. The molecule has 0 aromatic rings. The van der Waals surface area contributed by atoms with Crippen LogP contribution in [-0.4, -0.2) is 24.7 Å². The van der Waals surface area contributed by atoms with Gasteiger partial charge in [-0.3, -0.25) is 0 Å². The van der Waals surface area contributed by atoms with Crippen LogP contribution in [0.15, 0.2) is 0 Å². The van der Waals surface area contributed by atoms with Crippen molar-refractivity contribution in [1.82, 2.24) is 0 Å². The molecule has 11 heavy (non-hydrogen) atoms. The van der Waals surface area contributed by atoms with E-state index in [1.807, 2.05) is 0 Å². The van der Waals surface area contributed by atoms with Crippen molar-refractivity contribution in [2.75, 3.05) is 18.6 Å². The molecule has 0 aromatic heterocycles. The molecule has 0 aliphatic rings. The first-order valence-corrected chi connectivity index (χ1v) is 4.29. The Hall–Kier alpha value is -0.150. The van der Waals surface area contributed by atoms with Gasteiger partial charge >= 0.3 is 6.16 Å². The SMILES string of the molecule is O=C(OCCl)OCCCCCl. The van der Waals surface area contributed by atoms with Gasteiger partial charge in [0.05, 0.1) is 6.61 Å². The third-order valence-corrected chi connectivity index (χ3v) is 1.30. The van der Waals surface area contributed by atoms with Gasteiger partial charge in [-0.15, -0.1) is 11.6 Å². The third kappa shape index (κ3) is 7.75. The minimum absolute atomic E-state index is 0.172. The summed E-state index contributed by atoms with van der Waals surface area (Å²) < 4.78 is 8.87. The second-order valence-corrected chi connectivity index (χ2v) is 2.34. The van der Waals surface area contributed by atoms with E-state index in [4.69, 9.17) is 23.2 Å². The molecular weight excluding hydrogens is 191 g/mol. The Labute approximate surface area is 75.6 Å². The molecule has 0 unspecified atom stereocenters. The lowest BCUT2D eigenvalue weighted by Gasteiger charge is -2.01. The number of carbonyl (C=O) groups excluding carboxylic acids is 1. The van der Waals surface area contributed by atoms with Gasteiger partial charge < -0.3 is 9.47 Å². The first-order chi connectivity index (χ1) is 5.31. The predicted octanol–water partition coefficient (Wildman–Crippen LogP) is 2.35. The van der Waals surface area contributed by atoms with Gasteiger partial charge in [-0.1, -0.05) is 11.6 Å². The van der Waals surface area contributed by atoms with Gasteiger partial charge in [0.25, 0.3) is 0 Å². The summed E-state index contributed by atoms with van der Waals surface area (Å²) in [6.07, 6.45) is 0.853. The van der Waals surface area contributed by atoms with Crippen molar-refractivity contribution >= 4 is 29.4 Å². The molecule has 0 bridgehead atoms. The van der Waals surface area contributed by atoms with E-state index in [1.54, 1.807) is 0 Å². The fourth-order valence-electron chi connectivity index (χ4n) is 0.438. The number of hydrogen-bond acceptors (Lipinski definition) is 3. The minimum Gasteiger partial charge on any atom is -0.434 e. The molecule has 0 saturated heterocycles. The summed E-state index contributed by atoms with van der Waals surface area (Å²) in [5.41, 5.74) is 0. The molecule has 0 radical (unpaired) electrons. The van der Waals surface area contributed by atoms with Gasteiger partial charge in [0.15, 0.2) is 6.07 Å². The van der Waals surface area contributed by atoms with Crippen molar-refractivity contribution in [3.8, 4) is 0 Å². The van der Waals surface area contributed by atoms with Gasteiger partial charge in [0.1, 0.15) is 0 Å². The van der Waals surface area contributed by atoms with Crippen molar-refractivity contribution in [2.45, 2.75) is 12.8 Å². The Morgan fingerprint density at radius 1 is 1.18 bits per heavy atom. The van der Waals surface area contributed by atoms with Crippen molar-refractivity contribution < 1.29 is 14.3 Å². The highest BCUT2D eigenvalue weighted by Crippen LogP contribution is 1.94. The summed E-state index contributed by atoms with van der Waals surface area (Å²) >= 11 is 10.5. The first kappa shape index (κ1) is 10.8. The normalized spacial score (nSPS) is 9.27. The molecule has 0 fully saturated rings. The van der Waals surface area contributed by atoms with Gasteiger partial charge in [0, 0.05) is 5.88 Å². The van der Waals surface area contributed by atoms with E-state index in [0.717, 1.165) is 12.8 Å². The molecule has 66 valence electrons. The molecule has 5 heteroatoms. The minimum atomic E-state index is -0.727. The van der Waals surface area contributed by atoms with E-state index in [1.165, 1.54) is 0 Å². The van der Waals surface area contributed by atoms with Crippen molar-refractivity contribution in [2.24, 2.45) is 0 Å². The maximum Gasteiger partial charge on any atom is 0.509 e. The number of alkyl halides is 2. The summed E-state index contributed by atoms with van der Waals surface area (Å²) in [6, 6.07) is -0.172. The van der Waals surface area contributed by atoms with Gasteiger partial charge in [-0.25, -0.2) is 4.79 Å². The molecule has 0 amide bonds. The van der Waals surface area contributed by atoms with Crippen molar-refractivity contribution in [1.29, 1.82) is 0 Å². The Morgan fingerprint density at radius 2 is 1.91 bits per heavy atom. The average Bonchev–Trinajstić information content (AvgIpc) is 1.99. The van der Waals surface area contributed by atoms with Crippen LogP contribution in [0.1, 0.15) is 12.8 Å². The number of carbonyl (C=O) groups is 1. The molecule has 3 nitrogen and oxygen atoms in total. The molecule has 0 spiro atoms. The highest BCUT2D eigenvalue weighted by molar-refractivity contribution is 6.17. The van der Waals surface area contributed by atoms with Crippen LogP contribution < -0.4 is 0 Å². The third-order valence-electron chi connectivity index (χ3n) is 0.920. The second kappa shape index (κ2) is 7.95. The van der Waals surface area contributed by atoms with Gasteiger partial charge in [-0.05, 0) is 12.8 Å². The molecular formula is C6H10Cl2O3. The Kier molecular flexibility index (Phi) is 7.84. The van der Waals surface area contributed by atoms with Crippen LogP contribution in [0.5, 0.6) is 0 Å². The molecule has 0 heterocycles. The van der Waals surface area contributed by atoms with E-state index in [2.05, 4.69) is 9.47 Å². The molecule has 0 aliphatic carbocycles. The summed E-state index contributed by atoms with van der Waals surface area (Å²) in [5, 5.41) is 0. The van der Waals surface area contributed by atoms with Crippen LogP contribution in [0.3, 0.4) is 0 Å². The lowest BCUT2D eigenvalue weighted by Crippen LogP contribution is -2.07. The van der Waals surface area contributed by atoms with E-state index < -0.39 is 6.16 Å². The first-order valence-electron chi connectivity index (χ1n) is 3.22. The van der Waals surface area contributed by atoms with Gasteiger partial charge in [0.2, 0.25) is 0 Å². The monoisotopic (exact) mass is 200 g/mol. The maximum absolute atomic E-state index is 10.4. The van der Waals surface area contributed by atoms with E-state index >= 15 is 0 Å². The second-order valence-electron chi connectivity index (χ2n) is 1.75. The molecule has 0 rings (SSSR count). The zero-order chi connectivity index (χ0) is 8.53. The standard InChI is InChI=1S/C6H10Cl2O3/c7-3-1-2-4-10-6(9)11-5-8/h1-5H2. The highest BCUT2D eigenvalue weighted by atomic mass is 35.5. The molecule has 0 aromatic carbocycles. The molecule has 0 aliphatic heterocycles.